The third-order valence-electron chi connectivity index (χ3n) is 4.18. The Balaban J connectivity index is 1.63. The molecule has 1 aromatic heterocycles. The second kappa shape index (κ2) is 7.86. The molecule has 6 heteroatoms. The third-order valence-corrected chi connectivity index (χ3v) is 4.18. The minimum atomic E-state index is -0.914. The molecule has 0 saturated heterocycles. The molecule has 138 valence electrons. The number of ether oxygens (including phenoxy) is 1. The summed E-state index contributed by atoms with van der Waals surface area (Å²) in [5.41, 5.74) is 3.90. The summed E-state index contributed by atoms with van der Waals surface area (Å²) < 4.78 is 6.99. The highest BCUT2D eigenvalue weighted by molar-refractivity contribution is 5.97. The maximum absolute atomic E-state index is 12.4. The number of amides is 1. The van der Waals surface area contributed by atoms with E-state index < -0.39 is 12.1 Å². The van der Waals surface area contributed by atoms with Gasteiger partial charge in [0.25, 0.3) is 5.91 Å². The zero-order valence-electron chi connectivity index (χ0n) is 15.5. The van der Waals surface area contributed by atoms with Crippen LogP contribution in [0.15, 0.2) is 60.9 Å². The van der Waals surface area contributed by atoms with Gasteiger partial charge in [-0.05, 0) is 68.3 Å². The number of benzene rings is 2. The molecule has 0 unspecified atom stereocenters. The van der Waals surface area contributed by atoms with Gasteiger partial charge in [-0.25, -0.2) is 9.48 Å². The fraction of sp³-hybridized carbons (Fsp3) is 0.190. The maximum Gasteiger partial charge on any atom is 0.338 e. The molecular formula is C21H21N3O3. The number of aryl methyl sites for hydroxylation is 2. The lowest BCUT2D eigenvalue weighted by Gasteiger charge is -2.15. The summed E-state index contributed by atoms with van der Waals surface area (Å²) in [5, 5.41) is 6.94. The number of carbonyl (C=O) groups excluding carboxylic acids is 2. The minimum Gasteiger partial charge on any atom is -0.449 e. The lowest BCUT2D eigenvalue weighted by Crippen LogP contribution is -2.30. The lowest BCUT2D eigenvalue weighted by atomic mass is 10.1. The van der Waals surface area contributed by atoms with Crippen LogP contribution >= 0.6 is 0 Å². The number of aromatic nitrogens is 2. The van der Waals surface area contributed by atoms with Crippen molar-refractivity contribution < 1.29 is 14.3 Å². The van der Waals surface area contributed by atoms with Crippen LogP contribution in [0.2, 0.25) is 0 Å². The monoisotopic (exact) mass is 363 g/mol. The topological polar surface area (TPSA) is 73.2 Å². The minimum absolute atomic E-state index is 0.370. The van der Waals surface area contributed by atoms with Gasteiger partial charge in [-0.1, -0.05) is 12.1 Å². The van der Waals surface area contributed by atoms with Gasteiger partial charge < -0.3 is 10.1 Å². The van der Waals surface area contributed by atoms with E-state index in [2.05, 4.69) is 10.4 Å². The molecule has 1 atom stereocenters. The predicted octanol–water partition coefficient (Wildman–Crippen LogP) is 3.67. The molecule has 0 aliphatic heterocycles. The molecule has 1 heterocycles. The van der Waals surface area contributed by atoms with Crippen molar-refractivity contribution >= 4 is 17.6 Å². The van der Waals surface area contributed by atoms with E-state index in [0.29, 0.717) is 11.3 Å². The van der Waals surface area contributed by atoms with Gasteiger partial charge in [-0.2, -0.15) is 5.10 Å². The maximum atomic E-state index is 12.4. The van der Waals surface area contributed by atoms with Crippen LogP contribution in [0.1, 0.15) is 28.4 Å². The van der Waals surface area contributed by atoms with E-state index in [9.17, 15) is 9.59 Å². The van der Waals surface area contributed by atoms with Gasteiger partial charge in [0, 0.05) is 18.1 Å². The zero-order chi connectivity index (χ0) is 19.4. The first-order valence-corrected chi connectivity index (χ1v) is 8.63. The normalized spacial score (nSPS) is 11.7. The van der Waals surface area contributed by atoms with Gasteiger partial charge >= 0.3 is 5.97 Å². The summed E-state index contributed by atoms with van der Waals surface area (Å²) >= 11 is 0. The molecule has 0 aliphatic rings. The molecule has 0 radical (unpaired) electrons. The Kier molecular flexibility index (Phi) is 5.35. The Bertz CT molecular complexity index is 947. The van der Waals surface area contributed by atoms with Crippen molar-refractivity contribution in [1.29, 1.82) is 0 Å². The second-order valence-electron chi connectivity index (χ2n) is 6.35. The number of hydrogen-bond acceptors (Lipinski definition) is 4. The Hall–Kier alpha value is -3.41. The zero-order valence-corrected chi connectivity index (χ0v) is 15.5. The van der Waals surface area contributed by atoms with E-state index in [0.717, 1.165) is 16.8 Å². The summed E-state index contributed by atoms with van der Waals surface area (Å²) in [5.74, 6) is -0.921. The fourth-order valence-electron chi connectivity index (χ4n) is 2.56. The van der Waals surface area contributed by atoms with Crippen molar-refractivity contribution in [2.24, 2.45) is 0 Å². The molecule has 0 fully saturated rings. The van der Waals surface area contributed by atoms with Crippen molar-refractivity contribution in [3.05, 3.63) is 77.6 Å². The number of carbonyl (C=O) groups is 2. The average molecular weight is 363 g/mol. The summed E-state index contributed by atoms with van der Waals surface area (Å²) in [7, 11) is 0. The first kappa shape index (κ1) is 18.4. The van der Waals surface area contributed by atoms with Crippen LogP contribution in [-0.2, 0) is 9.53 Å². The highest BCUT2D eigenvalue weighted by Gasteiger charge is 2.19. The molecule has 2 aromatic carbocycles. The Morgan fingerprint density at radius 2 is 1.85 bits per heavy atom. The number of rotatable bonds is 5. The molecular weight excluding hydrogens is 342 g/mol. The van der Waals surface area contributed by atoms with Gasteiger partial charge in [0.1, 0.15) is 0 Å². The molecule has 1 N–H and O–H groups in total. The van der Waals surface area contributed by atoms with Crippen LogP contribution in [0, 0.1) is 13.8 Å². The van der Waals surface area contributed by atoms with Crippen molar-refractivity contribution in [2.75, 3.05) is 5.32 Å². The third kappa shape index (κ3) is 4.41. The van der Waals surface area contributed by atoms with Gasteiger partial charge in [0.2, 0.25) is 0 Å². The molecule has 0 saturated carbocycles. The van der Waals surface area contributed by atoms with Crippen LogP contribution < -0.4 is 5.32 Å². The molecule has 3 aromatic rings. The SMILES string of the molecule is Cc1ccc(C)c(NC(=O)[C@@H](C)OC(=O)c2ccc(-n3cccn3)cc2)c1. The summed E-state index contributed by atoms with van der Waals surface area (Å²) in [6.45, 7) is 5.41. The molecule has 6 nitrogen and oxygen atoms in total. The molecule has 0 aliphatic carbocycles. The number of nitrogens with one attached hydrogen (secondary N) is 1. The number of anilines is 1. The van der Waals surface area contributed by atoms with Crippen LogP contribution in [0.5, 0.6) is 0 Å². The van der Waals surface area contributed by atoms with Crippen molar-refractivity contribution in [1.82, 2.24) is 9.78 Å². The quantitative estimate of drug-likeness (QED) is 0.702. The first-order chi connectivity index (χ1) is 12.9. The first-order valence-electron chi connectivity index (χ1n) is 8.63. The fourth-order valence-corrected chi connectivity index (χ4v) is 2.56. The smallest absolute Gasteiger partial charge is 0.338 e. The van der Waals surface area contributed by atoms with E-state index in [1.165, 1.54) is 0 Å². The predicted molar refractivity (Wildman–Crippen MR) is 103 cm³/mol. The average Bonchev–Trinajstić information content (AvgIpc) is 3.19. The summed E-state index contributed by atoms with van der Waals surface area (Å²) in [4.78, 5) is 24.7. The molecule has 1 amide bonds. The summed E-state index contributed by atoms with van der Waals surface area (Å²) in [6.07, 6.45) is 2.58. The van der Waals surface area contributed by atoms with E-state index in [-0.39, 0.29) is 5.91 Å². The van der Waals surface area contributed by atoms with E-state index in [1.807, 2.05) is 44.3 Å². The lowest BCUT2D eigenvalue weighted by molar-refractivity contribution is -0.123. The van der Waals surface area contributed by atoms with Gasteiger partial charge in [0.15, 0.2) is 6.10 Å². The van der Waals surface area contributed by atoms with Crippen LogP contribution in [0.3, 0.4) is 0 Å². The highest BCUT2D eigenvalue weighted by Crippen LogP contribution is 2.17. The molecule has 0 spiro atoms. The van der Waals surface area contributed by atoms with E-state index in [1.54, 1.807) is 42.1 Å². The largest absolute Gasteiger partial charge is 0.449 e. The Morgan fingerprint density at radius 1 is 1.11 bits per heavy atom. The molecule has 0 bridgehead atoms. The van der Waals surface area contributed by atoms with E-state index >= 15 is 0 Å². The van der Waals surface area contributed by atoms with Crippen LogP contribution in [-0.4, -0.2) is 27.8 Å². The molecule has 27 heavy (non-hydrogen) atoms. The standard InChI is InChI=1S/C21H21N3O3/c1-14-5-6-15(2)19(13-14)23-20(25)16(3)27-21(26)17-7-9-18(10-8-17)24-12-4-11-22-24/h4-13,16H,1-3H3,(H,23,25)/t16-/m1/s1. The van der Waals surface area contributed by atoms with Gasteiger partial charge in [-0.3, -0.25) is 4.79 Å². The summed E-state index contributed by atoms with van der Waals surface area (Å²) in [6, 6.07) is 14.4. The second-order valence-corrected chi connectivity index (χ2v) is 6.35. The van der Waals surface area contributed by atoms with Crippen LogP contribution in [0.25, 0.3) is 5.69 Å². The van der Waals surface area contributed by atoms with Crippen molar-refractivity contribution in [3.63, 3.8) is 0 Å². The van der Waals surface area contributed by atoms with E-state index in [4.69, 9.17) is 4.74 Å². The Morgan fingerprint density at radius 3 is 2.52 bits per heavy atom. The molecule has 3 rings (SSSR count). The van der Waals surface area contributed by atoms with Crippen LogP contribution in [0.4, 0.5) is 5.69 Å². The van der Waals surface area contributed by atoms with Gasteiger partial charge in [0.05, 0.1) is 11.3 Å². The number of nitrogens with zero attached hydrogens (tertiary/aromatic N) is 2. The Labute approximate surface area is 157 Å². The van der Waals surface area contributed by atoms with Crippen molar-refractivity contribution in [2.45, 2.75) is 26.9 Å². The van der Waals surface area contributed by atoms with Gasteiger partial charge in [-0.15, -0.1) is 0 Å². The highest BCUT2D eigenvalue weighted by atomic mass is 16.5. The number of hydrogen-bond donors (Lipinski definition) is 1. The van der Waals surface area contributed by atoms with Crippen molar-refractivity contribution in [3.8, 4) is 5.69 Å². The number of esters is 1.